The van der Waals surface area contributed by atoms with E-state index in [4.69, 9.17) is 5.73 Å². The van der Waals surface area contributed by atoms with Crippen LogP contribution >= 0.6 is 0 Å². The third-order valence-electron chi connectivity index (χ3n) is 6.67. The number of phenols is 1. The van der Waals surface area contributed by atoms with Crippen LogP contribution in [0, 0.1) is 5.92 Å². The quantitative estimate of drug-likeness (QED) is 0.398. The van der Waals surface area contributed by atoms with Gasteiger partial charge in [-0.1, -0.05) is 63.1 Å². The molecule has 7 heteroatoms. The van der Waals surface area contributed by atoms with E-state index in [9.17, 15) is 14.7 Å². The van der Waals surface area contributed by atoms with Gasteiger partial charge < -0.3 is 16.2 Å². The van der Waals surface area contributed by atoms with Crippen LogP contribution in [0.4, 0.5) is 10.5 Å². The fourth-order valence-electron chi connectivity index (χ4n) is 5.04. The second-order valence-electron chi connectivity index (χ2n) is 9.88. The van der Waals surface area contributed by atoms with Gasteiger partial charge in [-0.05, 0) is 36.5 Å². The molecule has 35 heavy (non-hydrogen) atoms. The molecule has 4 rings (SSSR count). The lowest BCUT2D eigenvalue weighted by Crippen LogP contribution is -2.24. The highest BCUT2D eigenvalue weighted by Crippen LogP contribution is 2.38. The van der Waals surface area contributed by atoms with Gasteiger partial charge in [0.05, 0.1) is 11.4 Å². The number of aromatic hydroxyl groups is 1. The maximum Gasteiger partial charge on any atom is 0.339 e. The van der Waals surface area contributed by atoms with Crippen molar-refractivity contribution in [2.45, 2.75) is 64.2 Å². The minimum atomic E-state index is -0.571. The zero-order valence-electron chi connectivity index (χ0n) is 20.4. The summed E-state index contributed by atoms with van der Waals surface area (Å²) in [4.78, 5) is 24.3. The number of primary amides is 1. The predicted molar refractivity (Wildman–Crippen MR) is 137 cm³/mol. The number of nitrogens with zero attached hydrogens (tertiary/aromatic N) is 2. The molecule has 1 saturated carbocycles. The summed E-state index contributed by atoms with van der Waals surface area (Å²) in [6, 6.07) is 16.6. The van der Waals surface area contributed by atoms with Crippen molar-refractivity contribution in [2.24, 2.45) is 11.7 Å². The summed E-state index contributed by atoms with van der Waals surface area (Å²) in [6.07, 6.45) is 5.27. The highest BCUT2D eigenvalue weighted by Gasteiger charge is 2.26. The molecule has 1 unspecified atom stereocenters. The maximum absolute atomic E-state index is 12.2. The van der Waals surface area contributed by atoms with Gasteiger partial charge in [-0.15, -0.1) is 0 Å². The van der Waals surface area contributed by atoms with Crippen LogP contribution in [0.3, 0.4) is 0 Å². The summed E-state index contributed by atoms with van der Waals surface area (Å²) in [5.74, 6) is 0.375. The first kappa shape index (κ1) is 24.5. The molecule has 1 atom stereocenters. The Labute approximate surface area is 206 Å². The molecular formula is C28H34N4O3. The average Bonchev–Trinajstić information content (AvgIpc) is 3.48. The first-order valence-corrected chi connectivity index (χ1v) is 12.4. The highest BCUT2D eigenvalue weighted by atomic mass is 16.3. The van der Waals surface area contributed by atoms with Gasteiger partial charge in [-0.2, -0.15) is 9.78 Å². The Balaban J connectivity index is 1.65. The topological polar surface area (TPSA) is 110 Å². The summed E-state index contributed by atoms with van der Waals surface area (Å²) in [5, 5.41) is 18.4. The number of carbonyl (C=O) groups is 2. The molecule has 1 fully saturated rings. The van der Waals surface area contributed by atoms with Crippen LogP contribution in [0.2, 0.25) is 0 Å². The first-order chi connectivity index (χ1) is 16.8. The van der Waals surface area contributed by atoms with Gasteiger partial charge in [-0.3, -0.25) is 4.79 Å². The molecule has 1 aromatic heterocycles. The van der Waals surface area contributed by atoms with Crippen molar-refractivity contribution < 1.29 is 14.7 Å². The Kier molecular flexibility index (Phi) is 7.54. The summed E-state index contributed by atoms with van der Waals surface area (Å²) in [7, 11) is 0. The monoisotopic (exact) mass is 474 g/mol. The molecule has 1 heterocycles. The van der Waals surface area contributed by atoms with Crippen LogP contribution in [-0.2, 0) is 11.2 Å². The van der Waals surface area contributed by atoms with Crippen LogP contribution in [0.25, 0.3) is 0 Å². The molecule has 3 aromatic rings. The van der Waals surface area contributed by atoms with Gasteiger partial charge in [0.1, 0.15) is 5.75 Å². The van der Waals surface area contributed by atoms with E-state index < -0.39 is 6.03 Å². The number of carbonyl (C=O) groups excluding carboxylic acids is 2. The second-order valence-corrected chi connectivity index (χ2v) is 9.88. The van der Waals surface area contributed by atoms with E-state index in [0.717, 1.165) is 48.2 Å². The van der Waals surface area contributed by atoms with Crippen molar-refractivity contribution in [3.63, 3.8) is 0 Å². The van der Waals surface area contributed by atoms with Crippen molar-refractivity contribution in [3.05, 3.63) is 77.1 Å². The van der Waals surface area contributed by atoms with E-state index >= 15 is 0 Å². The molecular weight excluding hydrogens is 440 g/mol. The number of hydrogen-bond donors (Lipinski definition) is 3. The van der Waals surface area contributed by atoms with Crippen molar-refractivity contribution in [3.8, 4) is 5.75 Å². The Morgan fingerprint density at radius 2 is 1.83 bits per heavy atom. The average molecular weight is 475 g/mol. The van der Waals surface area contributed by atoms with E-state index in [2.05, 4.69) is 10.4 Å². The summed E-state index contributed by atoms with van der Waals surface area (Å²) in [6.45, 7) is 3.98. The number of rotatable bonds is 8. The largest absolute Gasteiger partial charge is 0.508 e. The molecule has 1 aliphatic carbocycles. The third kappa shape index (κ3) is 5.91. The van der Waals surface area contributed by atoms with Gasteiger partial charge in [0.2, 0.25) is 5.91 Å². The Morgan fingerprint density at radius 3 is 2.46 bits per heavy atom. The molecule has 4 N–H and O–H groups in total. The molecule has 0 spiro atoms. The normalized spacial score (nSPS) is 14.8. The minimum absolute atomic E-state index is 0.0804. The molecule has 2 aromatic carbocycles. The van der Waals surface area contributed by atoms with E-state index in [1.807, 2.05) is 62.4 Å². The summed E-state index contributed by atoms with van der Waals surface area (Å²) in [5.41, 5.74) is 9.60. The molecule has 0 aliphatic heterocycles. The van der Waals surface area contributed by atoms with Gasteiger partial charge in [-0.25, -0.2) is 4.79 Å². The molecule has 0 saturated heterocycles. The van der Waals surface area contributed by atoms with Gasteiger partial charge >= 0.3 is 6.03 Å². The fraction of sp³-hybridized carbons (Fsp3) is 0.393. The van der Waals surface area contributed by atoms with Crippen LogP contribution in [0.1, 0.15) is 80.3 Å². The number of phenolic OH excluding ortho intramolecular Hbond substituents is 1. The number of nitrogens with one attached hydrogen (secondary N) is 1. The van der Waals surface area contributed by atoms with Crippen molar-refractivity contribution in [2.75, 3.05) is 5.32 Å². The Morgan fingerprint density at radius 1 is 1.11 bits per heavy atom. The van der Waals surface area contributed by atoms with E-state index in [1.54, 1.807) is 6.07 Å². The number of aromatic nitrogens is 2. The number of amides is 2. The Hall–Kier alpha value is -3.61. The van der Waals surface area contributed by atoms with E-state index in [1.165, 1.54) is 4.68 Å². The molecule has 0 radical (unpaired) electrons. The highest BCUT2D eigenvalue weighted by molar-refractivity contribution is 5.91. The van der Waals surface area contributed by atoms with Crippen molar-refractivity contribution in [1.29, 1.82) is 0 Å². The summed E-state index contributed by atoms with van der Waals surface area (Å²) < 4.78 is 1.35. The molecule has 7 nitrogen and oxygen atoms in total. The molecule has 1 aliphatic rings. The maximum atomic E-state index is 12.2. The number of benzene rings is 2. The third-order valence-corrected chi connectivity index (χ3v) is 6.67. The van der Waals surface area contributed by atoms with Crippen LogP contribution in [0.5, 0.6) is 5.75 Å². The van der Waals surface area contributed by atoms with Gasteiger partial charge in [0.25, 0.3) is 0 Å². The number of nitrogens with two attached hydrogens (primary N) is 1. The zero-order valence-corrected chi connectivity index (χ0v) is 20.4. The minimum Gasteiger partial charge on any atom is -0.508 e. The smallest absolute Gasteiger partial charge is 0.339 e. The van der Waals surface area contributed by atoms with Crippen LogP contribution < -0.4 is 11.1 Å². The lowest BCUT2D eigenvalue weighted by atomic mass is 9.86. The fourth-order valence-corrected chi connectivity index (χ4v) is 5.04. The Bertz CT molecular complexity index is 1180. The van der Waals surface area contributed by atoms with Gasteiger partial charge in [0, 0.05) is 42.0 Å². The SMILES string of the molecule is CC(C)CC(=O)Nc1ccc(C(Cc2cc(C3CCCC3)n(C(N)=O)n2)c2ccccc2)c(O)c1. The molecule has 0 bridgehead atoms. The molecule has 184 valence electrons. The van der Waals surface area contributed by atoms with E-state index in [-0.39, 0.29) is 23.5 Å². The predicted octanol–water partition coefficient (Wildman–Crippen LogP) is 5.53. The van der Waals surface area contributed by atoms with Crippen molar-refractivity contribution in [1.82, 2.24) is 9.78 Å². The lowest BCUT2D eigenvalue weighted by Gasteiger charge is -2.19. The second kappa shape index (κ2) is 10.8. The van der Waals surface area contributed by atoms with E-state index in [0.29, 0.717) is 24.4 Å². The number of anilines is 1. The van der Waals surface area contributed by atoms with Crippen molar-refractivity contribution >= 4 is 17.6 Å². The summed E-state index contributed by atoms with van der Waals surface area (Å²) >= 11 is 0. The van der Waals surface area contributed by atoms with Crippen LogP contribution in [0.15, 0.2) is 54.6 Å². The van der Waals surface area contributed by atoms with Crippen LogP contribution in [-0.4, -0.2) is 26.8 Å². The zero-order chi connectivity index (χ0) is 24.9. The standard InChI is InChI=1S/C28H34N4O3/c1-18(2)14-27(34)30-21-12-13-23(26(33)17-21)24(19-8-4-3-5-9-19)15-22-16-25(20-10-6-7-11-20)32(31-22)28(29)35/h3-5,8-9,12-13,16-18,20,24,33H,6-7,10-11,14-15H2,1-2H3,(H2,29,35)(H,30,34). The number of hydrogen-bond acceptors (Lipinski definition) is 4. The first-order valence-electron chi connectivity index (χ1n) is 12.4. The lowest BCUT2D eigenvalue weighted by molar-refractivity contribution is -0.116. The molecule has 2 amide bonds. The van der Waals surface area contributed by atoms with Gasteiger partial charge in [0.15, 0.2) is 0 Å².